The molecule has 3 aliphatic rings. The number of nitrogens with zero attached hydrogens (tertiary/aromatic N) is 15. The molecule has 117 heavy (non-hydrogen) atoms. The first-order valence-corrected chi connectivity index (χ1v) is 38.2. The van der Waals surface area contributed by atoms with Gasteiger partial charge in [0.05, 0.1) is 83.4 Å². The summed E-state index contributed by atoms with van der Waals surface area (Å²) in [5.74, 6) is -21.0. The van der Waals surface area contributed by atoms with E-state index < -0.39 is 154 Å². The second-order valence-corrected chi connectivity index (χ2v) is 30.3. The quantitative estimate of drug-likeness (QED) is 0.0444. The van der Waals surface area contributed by atoms with Crippen molar-refractivity contribution in [3.05, 3.63) is 206 Å². The van der Waals surface area contributed by atoms with Crippen molar-refractivity contribution in [3.63, 3.8) is 0 Å². The molecule has 0 unspecified atom stereocenters. The van der Waals surface area contributed by atoms with E-state index >= 15 is 22.0 Å². The standard InChI is InChI=1S/2C27H25ClF4N6O.C27H25F5N6O/c1-12(2)22-24(13(3)7-8-34-22)38-26-14(25(36-27(38)39)37-9-5-4-6-10-37)11-15(29)23(35-26)16-18(30)17(28)19(31)20(32)21(16)33;1-12(2)22-24(13(3)7-8-34-22)38-26-14(25(36-27(38)39)37-9-5-4-6-10-37)11-15(29)23(35-26)16-17(28)21(33)20(32)19(31)18(16)30;1-12(2)22-24(13(3)7-8-34-22)38-26-14(25(36-27(38)39)37-9-5-4-6-10-37)11-15(28)23(35-26)16-17(29)19(31)20(32)21(33)18(16)30/h3*7-8,11-12H,4-6,9-10,33H2,1-3H3. The van der Waals surface area contributed by atoms with Crippen molar-refractivity contribution in [1.82, 2.24) is 58.6 Å². The molecule has 0 amide bonds. The van der Waals surface area contributed by atoms with E-state index in [1.807, 2.05) is 56.2 Å². The zero-order valence-corrected chi connectivity index (χ0v) is 65.9. The predicted molar refractivity (Wildman–Crippen MR) is 422 cm³/mol. The molecule has 3 saturated heterocycles. The zero-order chi connectivity index (χ0) is 84.5. The molecule has 0 spiro atoms. The van der Waals surface area contributed by atoms with Crippen LogP contribution in [0, 0.1) is 96.4 Å². The van der Waals surface area contributed by atoms with Gasteiger partial charge in [-0.1, -0.05) is 64.7 Å². The van der Waals surface area contributed by atoms with Crippen LogP contribution in [0.15, 0.2) is 69.4 Å². The lowest BCUT2D eigenvalue weighted by molar-refractivity contribution is 0.440. The smallest absolute Gasteiger partial charge is 0.355 e. The summed E-state index contributed by atoms with van der Waals surface area (Å²) in [6.45, 7) is 20.1. The van der Waals surface area contributed by atoms with Crippen LogP contribution < -0.4 is 49.0 Å². The Kier molecular flexibility index (Phi) is 23.7. The topological polar surface area (TPSA) is 270 Å². The van der Waals surface area contributed by atoms with Crippen molar-refractivity contribution in [1.29, 1.82) is 0 Å². The van der Waals surface area contributed by atoms with Crippen LogP contribution in [-0.2, 0) is 0 Å². The van der Waals surface area contributed by atoms with E-state index in [1.165, 1.54) is 9.13 Å². The largest absolute Gasteiger partial charge is 0.396 e. The molecule has 12 heterocycles. The van der Waals surface area contributed by atoms with Crippen LogP contribution in [0.25, 0.3) is 83.9 Å². The molecule has 12 aromatic rings. The van der Waals surface area contributed by atoms with Gasteiger partial charge in [-0.25, -0.2) is 100 Å². The SMILES string of the molecule is Cc1ccnc(C(C)C)c1-n1c(=O)nc(N2CCCCC2)c2cc(F)c(-c3c(F)c(F)c(F)c(N)c3Cl)nc21.Cc1ccnc(C(C)C)c1-n1c(=O)nc(N2CCCCC2)c2cc(F)c(-c3c(F)c(N)c(F)c(F)c3F)nc21.Cc1ccnc(C(C)C)c1-n1c(=O)nc(N2CCCCC2)c2cc(F)c(-c3c(N)c(F)c(F)c(Cl)c3F)nc21. The highest BCUT2D eigenvalue weighted by atomic mass is 35.5. The molecular formula is C81H75Cl2F13N18O3. The first-order chi connectivity index (χ1) is 55.6. The lowest BCUT2D eigenvalue weighted by Crippen LogP contribution is -2.34. The normalized spacial score (nSPS) is 14.0. The first kappa shape index (κ1) is 83.4. The van der Waals surface area contributed by atoms with Crippen LogP contribution in [-0.4, -0.2) is 97.8 Å². The number of halogens is 15. The summed E-state index contributed by atoms with van der Waals surface area (Å²) in [4.78, 5) is 85.7. The summed E-state index contributed by atoms with van der Waals surface area (Å²) in [7, 11) is 0. The summed E-state index contributed by atoms with van der Waals surface area (Å²) in [5, 5.41) is -1.46. The number of fused-ring (bicyclic) bond motifs is 3. The number of aryl methyl sites for hydroxylation is 3. The van der Waals surface area contributed by atoms with E-state index in [2.05, 4.69) is 44.9 Å². The highest BCUT2D eigenvalue weighted by molar-refractivity contribution is 6.36. The van der Waals surface area contributed by atoms with Crippen LogP contribution in [0.5, 0.6) is 0 Å². The molecule has 0 radical (unpaired) electrons. The molecule has 0 atom stereocenters. The summed E-state index contributed by atoms with van der Waals surface area (Å²) >= 11 is 11.7. The predicted octanol–water partition coefficient (Wildman–Crippen LogP) is 17.7. The highest BCUT2D eigenvalue weighted by Gasteiger charge is 2.36. The van der Waals surface area contributed by atoms with Crippen molar-refractivity contribution in [2.75, 3.05) is 71.2 Å². The molecule has 3 aliphatic heterocycles. The molecule has 612 valence electrons. The number of benzene rings is 3. The van der Waals surface area contributed by atoms with Gasteiger partial charge < -0.3 is 31.9 Å². The Balaban J connectivity index is 0.000000152. The Morgan fingerprint density at radius 2 is 0.641 bits per heavy atom. The van der Waals surface area contributed by atoms with Crippen molar-refractivity contribution < 1.29 is 57.1 Å². The van der Waals surface area contributed by atoms with Crippen LogP contribution in [0.4, 0.5) is 91.6 Å². The Morgan fingerprint density at radius 3 is 0.974 bits per heavy atom. The fraction of sp³-hybridized carbons (Fsp3) is 0.333. The van der Waals surface area contributed by atoms with Crippen molar-refractivity contribution in [2.24, 2.45) is 0 Å². The third kappa shape index (κ3) is 15.0. The third-order valence-corrected chi connectivity index (χ3v) is 21.5. The molecule has 3 fully saturated rings. The molecule has 0 bridgehead atoms. The summed E-state index contributed by atoms with van der Waals surface area (Å²) in [6.07, 6.45) is 12.8. The second-order valence-electron chi connectivity index (χ2n) is 29.6. The fourth-order valence-corrected chi connectivity index (χ4v) is 15.4. The number of nitrogens with two attached hydrogens (primary N) is 3. The van der Waals surface area contributed by atoms with Crippen molar-refractivity contribution in [3.8, 4) is 50.8 Å². The molecule has 36 heteroatoms. The minimum Gasteiger partial charge on any atom is -0.396 e. The number of hydrogen-bond acceptors (Lipinski definition) is 18. The van der Waals surface area contributed by atoms with E-state index in [1.54, 1.807) is 57.6 Å². The second kappa shape index (κ2) is 33.2. The summed E-state index contributed by atoms with van der Waals surface area (Å²) < 4.78 is 196. The van der Waals surface area contributed by atoms with Gasteiger partial charge in [0.1, 0.15) is 45.2 Å². The fourth-order valence-electron chi connectivity index (χ4n) is 14.9. The monoisotopic (exact) mass is 1660 g/mol. The number of hydrogen-bond donors (Lipinski definition) is 3. The number of pyridine rings is 6. The lowest BCUT2D eigenvalue weighted by Gasteiger charge is -2.29. The molecule has 6 N–H and O–H groups in total. The van der Waals surface area contributed by atoms with Crippen molar-refractivity contribution in [2.45, 2.75) is 138 Å². The summed E-state index contributed by atoms with van der Waals surface area (Å²) in [5.41, 5.74) is 10.1. The van der Waals surface area contributed by atoms with Crippen LogP contribution in [0.2, 0.25) is 10.0 Å². The number of anilines is 6. The lowest BCUT2D eigenvalue weighted by atomic mass is 10.0. The maximum Gasteiger partial charge on any atom is 0.355 e. The van der Waals surface area contributed by atoms with Gasteiger partial charge in [0, 0.05) is 57.9 Å². The van der Waals surface area contributed by atoms with Gasteiger partial charge in [0.2, 0.25) is 0 Å². The Morgan fingerprint density at radius 1 is 0.342 bits per heavy atom. The minimum atomic E-state index is -2.07. The van der Waals surface area contributed by atoms with Gasteiger partial charge in [-0.05, 0) is 149 Å². The molecule has 0 aliphatic carbocycles. The number of rotatable bonds is 12. The Bertz CT molecular complexity index is 5550. The van der Waals surface area contributed by atoms with Crippen LogP contribution in [0.3, 0.4) is 0 Å². The molecule has 15 rings (SSSR count). The zero-order valence-electron chi connectivity index (χ0n) is 64.4. The molecule has 21 nitrogen and oxygen atoms in total. The Labute approximate surface area is 669 Å². The maximum atomic E-state index is 15.7. The molecule has 9 aromatic heterocycles. The van der Waals surface area contributed by atoms with Crippen LogP contribution >= 0.6 is 23.2 Å². The van der Waals surface area contributed by atoms with E-state index in [4.69, 9.17) is 40.4 Å². The number of piperidine rings is 3. The van der Waals surface area contributed by atoms with Gasteiger partial charge in [0.15, 0.2) is 92.6 Å². The van der Waals surface area contributed by atoms with Gasteiger partial charge in [-0.3, -0.25) is 15.0 Å². The molecular weight excluding hydrogens is 1590 g/mol. The number of aromatic nitrogens is 12. The average molecular weight is 1670 g/mol. The molecule has 0 saturated carbocycles. The van der Waals surface area contributed by atoms with Gasteiger partial charge >= 0.3 is 17.1 Å². The van der Waals surface area contributed by atoms with E-state index in [0.717, 1.165) is 80.6 Å². The molecule has 3 aromatic carbocycles. The van der Waals surface area contributed by atoms with Crippen LogP contribution in [0.1, 0.15) is 151 Å². The number of nitrogen functional groups attached to an aromatic ring is 3. The van der Waals surface area contributed by atoms with Gasteiger partial charge in [-0.15, -0.1) is 0 Å². The van der Waals surface area contributed by atoms with Crippen molar-refractivity contribution >= 4 is 90.8 Å². The minimum absolute atomic E-state index is 0.0652. The van der Waals surface area contributed by atoms with E-state index in [-0.39, 0.29) is 68.3 Å². The van der Waals surface area contributed by atoms with Gasteiger partial charge in [-0.2, -0.15) is 15.0 Å². The summed E-state index contributed by atoms with van der Waals surface area (Å²) in [6, 6.07) is 8.13. The van der Waals surface area contributed by atoms with Gasteiger partial charge in [0.25, 0.3) is 0 Å². The Hall–Kier alpha value is -11.6. The van der Waals surface area contributed by atoms with E-state index in [9.17, 15) is 49.5 Å². The third-order valence-electron chi connectivity index (χ3n) is 20.8. The highest BCUT2D eigenvalue weighted by Crippen LogP contribution is 2.45. The maximum absolute atomic E-state index is 15.7. The average Bonchev–Trinajstić information content (AvgIpc) is 0.739. The van der Waals surface area contributed by atoms with E-state index in [0.29, 0.717) is 90.1 Å². The first-order valence-electron chi connectivity index (χ1n) is 37.5.